The molecule has 2 aliphatic rings. The lowest BCUT2D eigenvalue weighted by molar-refractivity contribution is -0.163. The van der Waals surface area contributed by atoms with E-state index in [9.17, 15) is 22.8 Å². The van der Waals surface area contributed by atoms with Crippen molar-refractivity contribution in [2.45, 2.75) is 44.7 Å². The van der Waals surface area contributed by atoms with Crippen LogP contribution in [0.1, 0.15) is 45.3 Å². The van der Waals surface area contributed by atoms with E-state index in [0.717, 1.165) is 16.5 Å². The van der Waals surface area contributed by atoms with Crippen LogP contribution in [0.4, 0.5) is 18.2 Å². The summed E-state index contributed by atoms with van der Waals surface area (Å²) in [5.41, 5.74) is 0.0761. The fraction of sp³-hybridized carbons (Fsp3) is 0.455. The molecule has 32 heavy (non-hydrogen) atoms. The van der Waals surface area contributed by atoms with E-state index < -0.39 is 29.4 Å². The van der Waals surface area contributed by atoms with Crippen LogP contribution in [0.25, 0.3) is 0 Å². The van der Waals surface area contributed by atoms with E-state index in [1.165, 1.54) is 48.5 Å². The van der Waals surface area contributed by atoms with Crippen LogP contribution < -0.4 is 4.90 Å². The molecule has 1 aliphatic carbocycles. The molecule has 172 valence electrons. The number of ether oxygens (including phenoxy) is 3. The average molecular weight is 469 g/mol. The summed E-state index contributed by atoms with van der Waals surface area (Å²) >= 11 is 1.20. The Labute approximate surface area is 186 Å². The molecule has 1 aromatic heterocycles. The van der Waals surface area contributed by atoms with E-state index in [4.69, 9.17) is 14.2 Å². The van der Waals surface area contributed by atoms with Crippen molar-refractivity contribution in [3.63, 3.8) is 0 Å². The number of thiophene rings is 1. The summed E-state index contributed by atoms with van der Waals surface area (Å²) in [7, 11) is 1.24. The Hall–Kier alpha value is -2.43. The molecule has 6 nitrogen and oxygen atoms in total. The molecule has 0 N–H and O–H groups in total. The van der Waals surface area contributed by atoms with Gasteiger partial charge in [-0.25, -0.2) is 4.79 Å². The van der Waals surface area contributed by atoms with Crippen LogP contribution in [0.5, 0.6) is 0 Å². The second kappa shape index (κ2) is 8.49. The molecule has 1 aromatic carbocycles. The van der Waals surface area contributed by atoms with Gasteiger partial charge in [0.1, 0.15) is 5.00 Å². The summed E-state index contributed by atoms with van der Waals surface area (Å²) in [6, 6.07) is 5.10. The summed E-state index contributed by atoms with van der Waals surface area (Å²) in [5, 5.41) is 0.279. The molecule has 0 atom stereocenters. The lowest BCUT2D eigenvalue weighted by Gasteiger charge is -2.31. The smallest absolute Gasteiger partial charge is 0.416 e. The molecule has 0 radical (unpaired) electrons. The van der Waals surface area contributed by atoms with Gasteiger partial charge in [0.15, 0.2) is 5.79 Å². The number of carbonyl (C=O) groups excluding carboxylic acids is 2. The monoisotopic (exact) mass is 469 g/mol. The van der Waals surface area contributed by atoms with Gasteiger partial charge in [0.25, 0.3) is 0 Å². The minimum atomic E-state index is -4.57. The highest BCUT2D eigenvalue weighted by Crippen LogP contribution is 2.46. The van der Waals surface area contributed by atoms with Crippen LogP contribution in [0, 0.1) is 0 Å². The van der Waals surface area contributed by atoms with Crippen molar-refractivity contribution in [3.05, 3.63) is 51.4 Å². The number of benzene rings is 1. The molecule has 0 unspecified atom stereocenters. The molecular weight excluding hydrogens is 447 g/mol. The summed E-state index contributed by atoms with van der Waals surface area (Å²) < 4.78 is 57.1. The van der Waals surface area contributed by atoms with Gasteiger partial charge in [-0.2, -0.15) is 13.2 Å². The van der Waals surface area contributed by atoms with Crippen LogP contribution >= 0.6 is 11.3 Å². The second-order valence-corrected chi connectivity index (χ2v) is 8.80. The number of hydrogen-bond donors (Lipinski definition) is 0. The zero-order valence-electron chi connectivity index (χ0n) is 17.6. The zero-order chi connectivity index (χ0) is 23.1. The maximum Gasteiger partial charge on any atom is 0.416 e. The highest BCUT2D eigenvalue weighted by atomic mass is 32.1. The molecule has 1 fully saturated rings. The normalized spacial score (nSPS) is 17.3. The fourth-order valence-electron chi connectivity index (χ4n) is 4.23. The zero-order valence-corrected chi connectivity index (χ0v) is 18.4. The van der Waals surface area contributed by atoms with Crippen LogP contribution in [-0.4, -0.2) is 38.0 Å². The van der Waals surface area contributed by atoms with Gasteiger partial charge >= 0.3 is 12.1 Å². The number of alkyl halides is 3. The van der Waals surface area contributed by atoms with Gasteiger partial charge in [-0.3, -0.25) is 9.69 Å². The Morgan fingerprint density at radius 3 is 2.53 bits per heavy atom. The molecule has 1 amide bonds. The SMILES string of the molecule is COC(=O)c1c(N(Cc2ccccc2C(F)(F)F)C(C)=O)sc2c1CCC1(C2)OCCO1. The van der Waals surface area contributed by atoms with E-state index in [1.54, 1.807) is 0 Å². The van der Waals surface area contributed by atoms with Crippen molar-refractivity contribution < 1.29 is 37.0 Å². The van der Waals surface area contributed by atoms with Gasteiger partial charge in [0, 0.05) is 24.6 Å². The Balaban J connectivity index is 1.78. The van der Waals surface area contributed by atoms with Gasteiger partial charge in [-0.1, -0.05) is 18.2 Å². The molecule has 0 bridgehead atoms. The van der Waals surface area contributed by atoms with Crippen molar-refractivity contribution in [1.82, 2.24) is 0 Å². The number of nitrogens with zero attached hydrogens (tertiary/aromatic N) is 1. The lowest BCUT2D eigenvalue weighted by Crippen LogP contribution is -2.36. The number of rotatable bonds is 4. The third-order valence-electron chi connectivity index (χ3n) is 5.74. The van der Waals surface area contributed by atoms with Crippen molar-refractivity contribution in [1.29, 1.82) is 0 Å². The average Bonchev–Trinajstić information content (AvgIpc) is 3.35. The molecular formula is C22H22F3NO5S. The standard InChI is InChI=1S/C22H22F3NO5S/c1-13(27)26(12-14-5-3-4-6-16(14)22(23,24)25)19-18(20(28)29-2)15-7-8-21(11-17(15)32-19)30-9-10-31-21/h3-6H,7-12H2,1-2H3. The number of amides is 1. The van der Waals surface area contributed by atoms with E-state index in [2.05, 4.69) is 0 Å². The molecule has 1 aliphatic heterocycles. The summed E-state index contributed by atoms with van der Waals surface area (Å²) in [6.07, 6.45) is -3.15. The summed E-state index contributed by atoms with van der Waals surface area (Å²) in [5.74, 6) is -1.86. The van der Waals surface area contributed by atoms with Crippen LogP contribution in [-0.2, 0) is 44.6 Å². The highest BCUT2D eigenvalue weighted by molar-refractivity contribution is 7.17. The Bertz CT molecular complexity index is 1040. The number of anilines is 1. The number of hydrogen-bond acceptors (Lipinski definition) is 6. The Morgan fingerprint density at radius 2 is 1.91 bits per heavy atom. The van der Waals surface area contributed by atoms with E-state index >= 15 is 0 Å². The first-order chi connectivity index (χ1) is 15.1. The van der Waals surface area contributed by atoms with Gasteiger partial charge in [0.05, 0.1) is 38.0 Å². The van der Waals surface area contributed by atoms with E-state index in [-0.39, 0.29) is 22.7 Å². The van der Waals surface area contributed by atoms with Crippen molar-refractivity contribution in [2.75, 3.05) is 25.2 Å². The second-order valence-electron chi connectivity index (χ2n) is 7.72. The van der Waals surface area contributed by atoms with Crippen LogP contribution in [0.3, 0.4) is 0 Å². The van der Waals surface area contributed by atoms with Gasteiger partial charge in [0.2, 0.25) is 5.91 Å². The predicted octanol–water partition coefficient (Wildman–Crippen LogP) is 4.34. The Morgan fingerprint density at radius 1 is 1.22 bits per heavy atom. The number of halogens is 3. The molecule has 2 aromatic rings. The number of esters is 1. The van der Waals surface area contributed by atoms with E-state index in [1.807, 2.05) is 0 Å². The van der Waals surface area contributed by atoms with Crippen molar-refractivity contribution in [2.24, 2.45) is 0 Å². The quantitative estimate of drug-likeness (QED) is 0.624. The molecule has 2 heterocycles. The number of fused-ring (bicyclic) bond motifs is 1. The van der Waals surface area contributed by atoms with Crippen molar-refractivity contribution >= 4 is 28.2 Å². The van der Waals surface area contributed by atoms with Crippen molar-refractivity contribution in [3.8, 4) is 0 Å². The van der Waals surface area contributed by atoms with Gasteiger partial charge < -0.3 is 14.2 Å². The summed E-state index contributed by atoms with van der Waals surface area (Å²) in [6.45, 7) is 1.89. The maximum absolute atomic E-state index is 13.5. The maximum atomic E-state index is 13.5. The highest BCUT2D eigenvalue weighted by Gasteiger charge is 2.43. The summed E-state index contributed by atoms with van der Waals surface area (Å²) in [4.78, 5) is 27.3. The van der Waals surface area contributed by atoms with Crippen LogP contribution in [0.15, 0.2) is 24.3 Å². The van der Waals surface area contributed by atoms with Gasteiger partial charge in [-0.15, -0.1) is 11.3 Å². The van der Waals surface area contributed by atoms with Gasteiger partial charge in [-0.05, 0) is 23.6 Å². The number of carbonyl (C=O) groups is 2. The fourth-order valence-corrected chi connectivity index (χ4v) is 5.70. The molecule has 0 saturated carbocycles. The molecule has 1 saturated heterocycles. The first-order valence-electron chi connectivity index (χ1n) is 10.1. The predicted molar refractivity (Wildman–Crippen MR) is 111 cm³/mol. The molecule has 10 heteroatoms. The Kier molecular flexibility index (Phi) is 6.04. The largest absolute Gasteiger partial charge is 0.465 e. The first-order valence-corrected chi connectivity index (χ1v) is 10.9. The van der Waals surface area contributed by atoms with Crippen LogP contribution in [0.2, 0.25) is 0 Å². The topological polar surface area (TPSA) is 65.1 Å². The molecule has 4 rings (SSSR count). The number of methoxy groups -OCH3 is 1. The third-order valence-corrected chi connectivity index (χ3v) is 6.99. The first kappa shape index (κ1) is 22.8. The third kappa shape index (κ3) is 4.14. The van der Waals surface area contributed by atoms with E-state index in [0.29, 0.717) is 32.5 Å². The minimum Gasteiger partial charge on any atom is -0.465 e. The minimum absolute atomic E-state index is 0.0590. The molecule has 1 spiro atoms. The lowest BCUT2D eigenvalue weighted by atomic mass is 9.90.